The minimum Gasteiger partial charge on any atom is -0.364 e. The van der Waals surface area contributed by atoms with Gasteiger partial charge in [-0.2, -0.15) is 10.2 Å². The SMILES string of the molecule is Cc1cc(-c2ccc(C(=O)[C@@H]3CCCC[C@H]3C(=O)Nc3c(C(N)=O)n[nH]c3C)cc2)n(C2CCCCO2)n1. The highest BCUT2D eigenvalue weighted by molar-refractivity contribution is 6.06. The summed E-state index contributed by atoms with van der Waals surface area (Å²) in [6, 6.07) is 9.58. The van der Waals surface area contributed by atoms with E-state index in [1.807, 2.05) is 41.9 Å². The largest absolute Gasteiger partial charge is 0.364 e. The molecule has 1 aliphatic carbocycles. The molecule has 200 valence electrons. The Morgan fingerprint density at radius 3 is 2.42 bits per heavy atom. The van der Waals surface area contributed by atoms with Crippen LogP contribution in [-0.4, -0.2) is 44.2 Å². The van der Waals surface area contributed by atoms with Crippen molar-refractivity contribution in [3.05, 3.63) is 53.0 Å². The van der Waals surface area contributed by atoms with Crippen LogP contribution in [0.25, 0.3) is 11.3 Å². The average molecular weight is 519 g/mol. The molecule has 4 N–H and O–H groups in total. The van der Waals surface area contributed by atoms with E-state index in [-0.39, 0.29) is 29.3 Å². The number of nitrogens with zero attached hydrogens (tertiary/aromatic N) is 3. The van der Waals surface area contributed by atoms with Gasteiger partial charge in [0.2, 0.25) is 5.91 Å². The monoisotopic (exact) mass is 518 g/mol. The first-order valence-electron chi connectivity index (χ1n) is 13.3. The van der Waals surface area contributed by atoms with Crippen LogP contribution in [0.1, 0.15) is 83.4 Å². The second kappa shape index (κ2) is 10.9. The molecule has 2 fully saturated rings. The topological polar surface area (TPSA) is 145 Å². The number of H-pyrrole nitrogens is 1. The van der Waals surface area contributed by atoms with Crippen LogP contribution in [0.3, 0.4) is 0 Å². The number of rotatable bonds is 7. The molecule has 1 saturated carbocycles. The zero-order valence-corrected chi connectivity index (χ0v) is 21.8. The quantitative estimate of drug-likeness (QED) is 0.397. The lowest BCUT2D eigenvalue weighted by atomic mass is 9.75. The average Bonchev–Trinajstić information content (AvgIpc) is 3.51. The molecule has 0 spiro atoms. The zero-order chi connectivity index (χ0) is 26.8. The Morgan fingerprint density at radius 1 is 1.03 bits per heavy atom. The van der Waals surface area contributed by atoms with Gasteiger partial charge in [0.05, 0.1) is 22.8 Å². The smallest absolute Gasteiger partial charge is 0.271 e. The number of aromatic nitrogens is 4. The number of benzene rings is 1. The molecule has 1 unspecified atom stereocenters. The van der Waals surface area contributed by atoms with Crippen molar-refractivity contribution in [1.29, 1.82) is 0 Å². The van der Waals surface area contributed by atoms with E-state index < -0.39 is 17.7 Å². The van der Waals surface area contributed by atoms with Gasteiger partial charge in [0.25, 0.3) is 5.91 Å². The van der Waals surface area contributed by atoms with Crippen molar-refractivity contribution in [1.82, 2.24) is 20.0 Å². The third-order valence-electron chi connectivity index (χ3n) is 7.62. The molecule has 1 saturated heterocycles. The molecule has 5 rings (SSSR count). The third-order valence-corrected chi connectivity index (χ3v) is 7.62. The summed E-state index contributed by atoms with van der Waals surface area (Å²) in [7, 11) is 0. The molecule has 10 nitrogen and oxygen atoms in total. The highest BCUT2D eigenvalue weighted by atomic mass is 16.5. The Hall–Kier alpha value is -3.79. The van der Waals surface area contributed by atoms with Crippen LogP contribution in [0.15, 0.2) is 30.3 Å². The molecule has 3 aromatic rings. The normalized spacial score (nSPS) is 21.7. The van der Waals surface area contributed by atoms with Crippen LogP contribution in [0.2, 0.25) is 0 Å². The van der Waals surface area contributed by atoms with E-state index >= 15 is 0 Å². The molecule has 3 heterocycles. The molecule has 38 heavy (non-hydrogen) atoms. The standard InChI is InChI=1S/C28H34N6O4/c1-16-15-22(34(33-16)23-9-5-6-14-38-23)18-10-12-19(13-11-18)26(35)20-7-3-4-8-21(20)28(37)30-24-17(2)31-32-25(24)27(29)36/h10-13,15,20-21,23H,3-9,14H2,1-2H3,(H2,29,36)(H,30,37)(H,31,32)/t20-,21-,23?/m1/s1. The van der Waals surface area contributed by atoms with Crippen LogP contribution in [0, 0.1) is 25.7 Å². The molecule has 0 radical (unpaired) electrons. The van der Waals surface area contributed by atoms with E-state index in [9.17, 15) is 14.4 Å². The van der Waals surface area contributed by atoms with E-state index in [0.29, 0.717) is 24.1 Å². The van der Waals surface area contributed by atoms with Gasteiger partial charge in [0, 0.05) is 24.0 Å². The van der Waals surface area contributed by atoms with E-state index in [1.165, 1.54) is 0 Å². The predicted octanol–water partition coefficient (Wildman–Crippen LogP) is 4.32. The van der Waals surface area contributed by atoms with Gasteiger partial charge in [-0.15, -0.1) is 0 Å². The summed E-state index contributed by atoms with van der Waals surface area (Å²) >= 11 is 0. The maximum absolute atomic E-state index is 13.6. The second-order valence-electron chi connectivity index (χ2n) is 10.3. The first-order valence-corrected chi connectivity index (χ1v) is 13.3. The fraction of sp³-hybridized carbons (Fsp3) is 0.464. The van der Waals surface area contributed by atoms with Crippen molar-refractivity contribution >= 4 is 23.3 Å². The number of carbonyl (C=O) groups is 3. The predicted molar refractivity (Wildman–Crippen MR) is 141 cm³/mol. The molecule has 3 atom stereocenters. The number of aromatic amines is 1. The first-order chi connectivity index (χ1) is 18.3. The van der Waals surface area contributed by atoms with Crippen LogP contribution < -0.4 is 11.1 Å². The van der Waals surface area contributed by atoms with Gasteiger partial charge >= 0.3 is 0 Å². The molecule has 2 amide bonds. The van der Waals surface area contributed by atoms with E-state index in [4.69, 9.17) is 10.5 Å². The number of Topliss-reactive ketones (excluding diaryl/α,β-unsaturated/α-hetero) is 1. The summed E-state index contributed by atoms with van der Waals surface area (Å²) in [5.41, 5.74) is 9.61. The summed E-state index contributed by atoms with van der Waals surface area (Å²) < 4.78 is 7.91. The van der Waals surface area contributed by atoms with Crippen LogP contribution in [0.5, 0.6) is 0 Å². The number of anilines is 1. The number of ether oxygens (including phenoxy) is 1. The molecular formula is C28H34N6O4. The number of hydrogen-bond donors (Lipinski definition) is 3. The minimum atomic E-state index is -0.729. The number of nitrogens with one attached hydrogen (secondary N) is 2. The minimum absolute atomic E-state index is 0.0155. The van der Waals surface area contributed by atoms with Gasteiger partial charge in [0.1, 0.15) is 0 Å². The Labute approximate surface area is 221 Å². The number of hydrogen-bond acceptors (Lipinski definition) is 6. The van der Waals surface area contributed by atoms with Crippen molar-refractivity contribution in [2.24, 2.45) is 17.6 Å². The lowest BCUT2D eigenvalue weighted by Gasteiger charge is -2.29. The summed E-state index contributed by atoms with van der Waals surface area (Å²) in [5, 5.41) is 14.1. The molecule has 2 aromatic heterocycles. The number of amides is 2. The summed E-state index contributed by atoms with van der Waals surface area (Å²) in [5.74, 6) is -2.01. The van der Waals surface area contributed by atoms with E-state index in [1.54, 1.807) is 6.92 Å². The number of aryl methyl sites for hydroxylation is 2. The fourth-order valence-electron chi connectivity index (χ4n) is 5.62. The van der Waals surface area contributed by atoms with Crippen molar-refractivity contribution in [2.75, 3.05) is 11.9 Å². The van der Waals surface area contributed by atoms with Gasteiger partial charge in [-0.25, -0.2) is 4.68 Å². The van der Waals surface area contributed by atoms with Crippen molar-refractivity contribution in [3.63, 3.8) is 0 Å². The number of primary amides is 1. The van der Waals surface area contributed by atoms with Crippen LogP contribution >= 0.6 is 0 Å². The lowest BCUT2D eigenvalue weighted by molar-refractivity contribution is -0.122. The van der Waals surface area contributed by atoms with Crippen molar-refractivity contribution in [2.45, 2.75) is 65.0 Å². The third kappa shape index (κ3) is 5.13. The molecule has 2 aliphatic rings. The highest BCUT2D eigenvalue weighted by Gasteiger charge is 2.37. The zero-order valence-electron chi connectivity index (χ0n) is 21.8. The second-order valence-corrected chi connectivity index (χ2v) is 10.3. The van der Waals surface area contributed by atoms with Crippen LogP contribution in [0.4, 0.5) is 5.69 Å². The molecule has 0 bridgehead atoms. The van der Waals surface area contributed by atoms with E-state index in [2.05, 4.69) is 20.6 Å². The van der Waals surface area contributed by atoms with E-state index in [0.717, 1.165) is 55.7 Å². The summed E-state index contributed by atoms with van der Waals surface area (Å²) in [6.45, 7) is 4.40. The Balaban J connectivity index is 1.34. The van der Waals surface area contributed by atoms with Gasteiger partial charge in [-0.3, -0.25) is 19.5 Å². The number of nitrogens with two attached hydrogens (primary N) is 1. The highest BCUT2D eigenvalue weighted by Crippen LogP contribution is 2.35. The maximum Gasteiger partial charge on any atom is 0.271 e. The van der Waals surface area contributed by atoms with Gasteiger partial charge in [-0.05, 0) is 57.6 Å². The number of carbonyl (C=O) groups excluding carboxylic acids is 3. The van der Waals surface area contributed by atoms with Crippen molar-refractivity contribution in [3.8, 4) is 11.3 Å². The molecule has 10 heteroatoms. The van der Waals surface area contributed by atoms with Crippen LogP contribution in [-0.2, 0) is 9.53 Å². The van der Waals surface area contributed by atoms with Gasteiger partial charge < -0.3 is 15.8 Å². The molecule has 1 aliphatic heterocycles. The van der Waals surface area contributed by atoms with Crippen molar-refractivity contribution < 1.29 is 19.1 Å². The first kappa shape index (κ1) is 25.8. The Morgan fingerprint density at radius 2 is 1.74 bits per heavy atom. The lowest BCUT2D eigenvalue weighted by Crippen LogP contribution is -2.36. The van der Waals surface area contributed by atoms with Gasteiger partial charge in [-0.1, -0.05) is 37.1 Å². The maximum atomic E-state index is 13.6. The summed E-state index contributed by atoms with van der Waals surface area (Å²) in [6.07, 6.45) is 6.00. The number of ketones is 1. The molecule has 1 aromatic carbocycles. The summed E-state index contributed by atoms with van der Waals surface area (Å²) in [4.78, 5) is 38.6. The Bertz CT molecular complexity index is 1340. The fourth-order valence-corrected chi connectivity index (χ4v) is 5.62. The Kier molecular flexibility index (Phi) is 7.42. The molecular weight excluding hydrogens is 484 g/mol. The van der Waals surface area contributed by atoms with Gasteiger partial charge in [0.15, 0.2) is 17.7 Å².